The van der Waals surface area contributed by atoms with Crippen LogP contribution in [0.4, 0.5) is 0 Å². The Labute approximate surface area is 333 Å². The van der Waals surface area contributed by atoms with Crippen molar-refractivity contribution in [1.82, 2.24) is 9.88 Å². The summed E-state index contributed by atoms with van der Waals surface area (Å²) in [4.78, 5) is 19.0. The highest BCUT2D eigenvalue weighted by molar-refractivity contribution is 5.69. The van der Waals surface area contributed by atoms with E-state index in [4.69, 9.17) is 14.2 Å². The molecule has 6 nitrogen and oxygen atoms in total. The van der Waals surface area contributed by atoms with Gasteiger partial charge in [-0.2, -0.15) is 4.98 Å². The van der Waals surface area contributed by atoms with Crippen LogP contribution in [0.15, 0.2) is 60.7 Å². The SMILES string of the molecule is CCCCCC=CCC=CCCCCCCCCOc1cc(COC(=O)CCCN(C)C)cc(OCCCCCCCCC=CCC=CCCCCC)n1. The lowest BCUT2D eigenvalue weighted by atomic mass is 10.1. The Morgan fingerprint density at radius 2 is 0.963 bits per heavy atom. The molecule has 0 amide bonds. The minimum Gasteiger partial charge on any atom is -0.478 e. The third-order valence-electron chi connectivity index (χ3n) is 9.41. The van der Waals surface area contributed by atoms with Crippen LogP contribution in [0.1, 0.15) is 186 Å². The molecule has 0 fully saturated rings. The van der Waals surface area contributed by atoms with E-state index in [1.165, 1.54) is 116 Å². The lowest BCUT2D eigenvalue weighted by molar-refractivity contribution is -0.145. The first-order chi connectivity index (χ1) is 26.5. The van der Waals surface area contributed by atoms with Crippen molar-refractivity contribution in [1.29, 1.82) is 0 Å². The third kappa shape index (κ3) is 33.7. The number of esters is 1. The standard InChI is InChI=1S/C48H82N2O4/c1-5-7-9-11-13-15-17-19-21-23-25-27-29-31-33-35-40-52-46-42-45(44-54-48(51)38-37-39-50(3)4)43-47(49-46)53-41-36-34-32-30-28-26-24-22-20-18-16-14-12-10-8-6-2/h13-16,19-22,42-43H,5-12,17-18,23-41,44H2,1-4H3. The molecule has 0 atom stereocenters. The van der Waals surface area contributed by atoms with E-state index in [2.05, 4.69) is 72.3 Å². The first kappa shape index (κ1) is 49.2. The number of hydrogen-bond donors (Lipinski definition) is 0. The molecule has 0 aromatic carbocycles. The Bertz CT molecular complexity index is 1040. The number of allylic oxidation sites excluding steroid dienone is 8. The predicted octanol–water partition coefficient (Wildman–Crippen LogP) is 13.9. The number of nitrogens with zero attached hydrogens (tertiary/aromatic N) is 2. The molecule has 0 unspecified atom stereocenters. The topological polar surface area (TPSA) is 60.9 Å². The van der Waals surface area contributed by atoms with Gasteiger partial charge in [-0.15, -0.1) is 0 Å². The Balaban J connectivity index is 2.32. The maximum Gasteiger partial charge on any atom is 0.306 e. The van der Waals surface area contributed by atoms with E-state index in [0.717, 1.165) is 57.1 Å². The van der Waals surface area contributed by atoms with Crippen molar-refractivity contribution >= 4 is 5.97 Å². The van der Waals surface area contributed by atoms with Crippen molar-refractivity contribution < 1.29 is 19.0 Å². The predicted molar refractivity (Wildman–Crippen MR) is 232 cm³/mol. The fraction of sp³-hybridized carbons (Fsp3) is 0.708. The molecule has 0 aliphatic rings. The average Bonchev–Trinajstić information content (AvgIpc) is 3.16. The first-order valence-corrected chi connectivity index (χ1v) is 22.2. The number of carbonyl (C=O) groups is 1. The molecule has 54 heavy (non-hydrogen) atoms. The van der Waals surface area contributed by atoms with Crippen molar-refractivity contribution in [3.05, 3.63) is 66.3 Å². The van der Waals surface area contributed by atoms with Crippen LogP contribution in [0, 0.1) is 0 Å². The smallest absolute Gasteiger partial charge is 0.306 e. The van der Waals surface area contributed by atoms with Crippen LogP contribution >= 0.6 is 0 Å². The van der Waals surface area contributed by atoms with Crippen LogP contribution in [0.3, 0.4) is 0 Å². The molecule has 1 aromatic rings. The number of carbonyl (C=O) groups excluding carboxylic acids is 1. The maximum absolute atomic E-state index is 12.3. The summed E-state index contributed by atoms with van der Waals surface area (Å²) in [5.74, 6) is 0.915. The molecule has 308 valence electrons. The van der Waals surface area contributed by atoms with E-state index >= 15 is 0 Å². The van der Waals surface area contributed by atoms with Crippen molar-refractivity contribution in [2.75, 3.05) is 33.9 Å². The molecule has 0 spiro atoms. The highest BCUT2D eigenvalue weighted by atomic mass is 16.5. The van der Waals surface area contributed by atoms with E-state index in [1.54, 1.807) is 0 Å². The molecular weight excluding hydrogens is 669 g/mol. The van der Waals surface area contributed by atoms with Gasteiger partial charge in [-0.05, 0) is 104 Å². The number of aromatic nitrogens is 1. The molecule has 6 heteroatoms. The number of ether oxygens (including phenoxy) is 3. The molecule has 1 aromatic heterocycles. The van der Waals surface area contributed by atoms with Gasteiger partial charge in [0, 0.05) is 24.1 Å². The molecule has 0 saturated heterocycles. The van der Waals surface area contributed by atoms with Crippen molar-refractivity contribution in [3.63, 3.8) is 0 Å². The van der Waals surface area contributed by atoms with Crippen LogP contribution in [-0.2, 0) is 16.1 Å². The minimum absolute atomic E-state index is 0.179. The molecule has 0 aliphatic heterocycles. The Hall–Kier alpha value is -2.86. The first-order valence-electron chi connectivity index (χ1n) is 22.2. The van der Waals surface area contributed by atoms with E-state index in [1.807, 2.05) is 26.2 Å². The van der Waals surface area contributed by atoms with E-state index in [-0.39, 0.29) is 12.6 Å². The summed E-state index contributed by atoms with van der Waals surface area (Å²) in [6, 6.07) is 3.77. The Morgan fingerprint density at radius 3 is 1.39 bits per heavy atom. The fourth-order valence-corrected chi connectivity index (χ4v) is 6.07. The monoisotopic (exact) mass is 751 g/mol. The average molecular weight is 751 g/mol. The second kappa shape index (κ2) is 38.4. The molecule has 0 radical (unpaired) electrons. The third-order valence-corrected chi connectivity index (χ3v) is 9.41. The molecule has 0 saturated carbocycles. The summed E-state index contributed by atoms with van der Waals surface area (Å²) < 4.78 is 17.7. The highest BCUT2D eigenvalue weighted by Gasteiger charge is 2.09. The highest BCUT2D eigenvalue weighted by Crippen LogP contribution is 2.21. The maximum atomic E-state index is 12.3. The summed E-state index contributed by atoms with van der Waals surface area (Å²) >= 11 is 0. The van der Waals surface area contributed by atoms with Gasteiger partial charge >= 0.3 is 5.97 Å². The molecule has 1 rings (SSSR count). The zero-order valence-corrected chi connectivity index (χ0v) is 35.5. The normalized spacial score (nSPS) is 12.0. The number of hydrogen-bond acceptors (Lipinski definition) is 6. The van der Waals surface area contributed by atoms with Gasteiger partial charge in [-0.3, -0.25) is 4.79 Å². The number of pyridine rings is 1. The molecule has 0 aliphatic carbocycles. The Kier molecular flexibility index (Phi) is 35.0. The van der Waals surface area contributed by atoms with Gasteiger partial charge < -0.3 is 19.1 Å². The zero-order chi connectivity index (χ0) is 39.0. The van der Waals surface area contributed by atoms with Crippen molar-refractivity contribution in [2.24, 2.45) is 0 Å². The molecule has 0 bridgehead atoms. The zero-order valence-electron chi connectivity index (χ0n) is 35.5. The summed E-state index contributed by atoms with van der Waals surface area (Å²) in [6.45, 7) is 6.82. The van der Waals surface area contributed by atoms with Crippen LogP contribution in [-0.4, -0.2) is 49.7 Å². The number of rotatable bonds is 38. The lowest BCUT2D eigenvalue weighted by Crippen LogP contribution is -2.15. The number of unbranched alkanes of at least 4 members (excludes halogenated alkanes) is 18. The van der Waals surface area contributed by atoms with Gasteiger partial charge in [0.2, 0.25) is 11.8 Å². The summed E-state index contributed by atoms with van der Waals surface area (Å²) in [5.41, 5.74) is 0.852. The van der Waals surface area contributed by atoms with Gasteiger partial charge in [-0.25, -0.2) is 0 Å². The summed E-state index contributed by atoms with van der Waals surface area (Å²) in [5, 5.41) is 0. The van der Waals surface area contributed by atoms with Crippen LogP contribution in [0.2, 0.25) is 0 Å². The molecule has 1 heterocycles. The largest absolute Gasteiger partial charge is 0.478 e. The van der Waals surface area contributed by atoms with E-state index in [9.17, 15) is 4.79 Å². The second-order valence-electron chi connectivity index (χ2n) is 15.1. The van der Waals surface area contributed by atoms with Crippen molar-refractivity contribution in [3.8, 4) is 11.8 Å². The Morgan fingerprint density at radius 1 is 0.556 bits per heavy atom. The van der Waals surface area contributed by atoms with Gasteiger partial charge in [-0.1, -0.05) is 140 Å². The van der Waals surface area contributed by atoms with Crippen molar-refractivity contribution in [2.45, 2.75) is 187 Å². The van der Waals surface area contributed by atoms with Gasteiger partial charge in [0.05, 0.1) is 13.2 Å². The minimum atomic E-state index is -0.179. The van der Waals surface area contributed by atoms with Crippen LogP contribution in [0.5, 0.6) is 11.8 Å². The van der Waals surface area contributed by atoms with E-state index < -0.39 is 0 Å². The quantitative estimate of drug-likeness (QED) is 0.0381. The van der Waals surface area contributed by atoms with Gasteiger partial charge in [0.25, 0.3) is 0 Å². The van der Waals surface area contributed by atoms with Gasteiger partial charge in [0.15, 0.2) is 0 Å². The van der Waals surface area contributed by atoms with Crippen LogP contribution < -0.4 is 9.47 Å². The lowest BCUT2D eigenvalue weighted by Gasteiger charge is -2.12. The van der Waals surface area contributed by atoms with E-state index in [0.29, 0.717) is 31.4 Å². The summed E-state index contributed by atoms with van der Waals surface area (Å²) in [7, 11) is 4.02. The fourth-order valence-electron chi connectivity index (χ4n) is 6.07. The second-order valence-corrected chi connectivity index (χ2v) is 15.1. The molecule has 0 N–H and O–H groups in total. The summed E-state index contributed by atoms with van der Waals surface area (Å²) in [6.07, 6.45) is 49.0. The van der Waals surface area contributed by atoms with Crippen LogP contribution in [0.25, 0.3) is 0 Å². The van der Waals surface area contributed by atoms with Gasteiger partial charge in [0.1, 0.15) is 6.61 Å². The molecular formula is C48H82N2O4.